The van der Waals surface area contributed by atoms with Crippen LogP contribution in [-0.4, -0.2) is 19.1 Å². The number of carbonyl (C=O) groups excluding carboxylic acids is 1. The Morgan fingerprint density at radius 3 is 2.33 bits per heavy atom. The van der Waals surface area contributed by atoms with Crippen LogP contribution in [0.5, 0.6) is 11.5 Å². The van der Waals surface area contributed by atoms with Crippen molar-refractivity contribution in [3.05, 3.63) is 54.1 Å². The molecule has 1 fully saturated rings. The van der Waals surface area contributed by atoms with Gasteiger partial charge in [-0.3, -0.25) is 4.79 Å². The Kier molecular flexibility index (Phi) is 4.47. The van der Waals surface area contributed by atoms with Gasteiger partial charge in [-0.1, -0.05) is 24.3 Å². The van der Waals surface area contributed by atoms with E-state index >= 15 is 0 Å². The number of benzene rings is 2. The molecule has 1 aliphatic rings. The summed E-state index contributed by atoms with van der Waals surface area (Å²) in [6.07, 6.45) is 1.77. The third-order valence-electron chi connectivity index (χ3n) is 4.33. The number of hydrogen-bond acceptors (Lipinski definition) is 3. The van der Waals surface area contributed by atoms with Crippen molar-refractivity contribution < 1.29 is 14.3 Å². The second-order valence-electron chi connectivity index (χ2n) is 6.43. The van der Waals surface area contributed by atoms with Gasteiger partial charge in [0.25, 0.3) is 0 Å². The summed E-state index contributed by atoms with van der Waals surface area (Å²) in [5.74, 6) is 1.52. The van der Waals surface area contributed by atoms with Gasteiger partial charge in [0.05, 0.1) is 24.3 Å². The summed E-state index contributed by atoms with van der Waals surface area (Å²) in [5, 5.41) is 3.05. The Morgan fingerprint density at radius 2 is 1.75 bits per heavy atom. The molecule has 0 aliphatic heterocycles. The van der Waals surface area contributed by atoms with Crippen LogP contribution in [0.1, 0.15) is 32.3 Å². The fraction of sp³-hybridized carbons (Fsp3) is 0.350. The molecule has 1 amide bonds. The maximum Gasteiger partial charge on any atom is 0.235 e. The van der Waals surface area contributed by atoms with Gasteiger partial charge in [0.1, 0.15) is 11.5 Å². The summed E-state index contributed by atoms with van der Waals surface area (Å²) in [5.41, 5.74) is 1.32. The molecule has 0 radical (unpaired) electrons. The van der Waals surface area contributed by atoms with Gasteiger partial charge < -0.3 is 14.8 Å². The molecule has 0 heterocycles. The molecular formula is C20H23NO3. The first-order chi connectivity index (χ1) is 11.5. The van der Waals surface area contributed by atoms with E-state index in [1.165, 1.54) is 0 Å². The third kappa shape index (κ3) is 3.23. The van der Waals surface area contributed by atoms with Gasteiger partial charge in [-0.05, 0) is 56.5 Å². The fourth-order valence-corrected chi connectivity index (χ4v) is 2.85. The molecule has 0 atom stereocenters. The Bertz CT molecular complexity index is 718. The predicted molar refractivity (Wildman–Crippen MR) is 94.7 cm³/mol. The van der Waals surface area contributed by atoms with Crippen molar-refractivity contribution in [2.75, 3.05) is 12.4 Å². The molecular weight excluding hydrogens is 302 g/mol. The molecule has 126 valence electrons. The highest BCUT2D eigenvalue weighted by Crippen LogP contribution is 2.49. The van der Waals surface area contributed by atoms with Crippen molar-refractivity contribution in [3.63, 3.8) is 0 Å². The highest BCUT2D eigenvalue weighted by Gasteiger charge is 2.51. The molecule has 0 unspecified atom stereocenters. The van der Waals surface area contributed by atoms with Gasteiger partial charge in [-0.2, -0.15) is 0 Å². The van der Waals surface area contributed by atoms with Crippen molar-refractivity contribution in [3.8, 4) is 11.5 Å². The Morgan fingerprint density at radius 1 is 1.08 bits per heavy atom. The average Bonchev–Trinajstić information content (AvgIpc) is 3.38. The number of hydrogen-bond donors (Lipinski definition) is 1. The summed E-state index contributed by atoms with van der Waals surface area (Å²) in [6.45, 7) is 3.94. The summed E-state index contributed by atoms with van der Waals surface area (Å²) < 4.78 is 11.0. The normalized spacial score (nSPS) is 15.0. The van der Waals surface area contributed by atoms with E-state index in [1.54, 1.807) is 7.11 Å². The molecule has 4 heteroatoms. The first-order valence-corrected chi connectivity index (χ1v) is 8.27. The minimum atomic E-state index is -0.433. The summed E-state index contributed by atoms with van der Waals surface area (Å²) in [7, 11) is 1.64. The van der Waals surface area contributed by atoms with Crippen molar-refractivity contribution in [2.45, 2.75) is 38.2 Å². The van der Waals surface area contributed by atoms with Crippen LogP contribution >= 0.6 is 0 Å². The monoisotopic (exact) mass is 325 g/mol. The van der Waals surface area contributed by atoms with Crippen molar-refractivity contribution in [1.29, 1.82) is 0 Å². The SMILES string of the molecule is COc1ccc(C2(C(=O)Nc3ccccc3OC(C)C)CC2)cc1. The van der Waals surface area contributed by atoms with Crippen molar-refractivity contribution in [2.24, 2.45) is 0 Å². The zero-order valence-electron chi connectivity index (χ0n) is 14.3. The number of nitrogens with one attached hydrogen (secondary N) is 1. The number of para-hydroxylation sites is 2. The molecule has 1 saturated carbocycles. The fourth-order valence-electron chi connectivity index (χ4n) is 2.85. The van der Waals surface area contributed by atoms with E-state index in [0.29, 0.717) is 5.75 Å². The summed E-state index contributed by atoms with van der Waals surface area (Å²) >= 11 is 0. The van der Waals surface area contributed by atoms with Crippen LogP contribution in [0.4, 0.5) is 5.69 Å². The van der Waals surface area contributed by atoms with Gasteiger partial charge in [0.15, 0.2) is 0 Å². The second-order valence-corrected chi connectivity index (χ2v) is 6.43. The molecule has 0 bridgehead atoms. The Labute approximate surface area is 142 Å². The highest BCUT2D eigenvalue weighted by molar-refractivity contribution is 6.02. The van der Waals surface area contributed by atoms with E-state index < -0.39 is 5.41 Å². The van der Waals surface area contributed by atoms with Gasteiger partial charge in [-0.25, -0.2) is 0 Å². The second kappa shape index (κ2) is 6.56. The molecule has 0 saturated heterocycles. The van der Waals surface area contributed by atoms with Crippen molar-refractivity contribution in [1.82, 2.24) is 0 Å². The quantitative estimate of drug-likeness (QED) is 0.868. The number of rotatable bonds is 6. The first-order valence-electron chi connectivity index (χ1n) is 8.27. The smallest absolute Gasteiger partial charge is 0.235 e. The lowest BCUT2D eigenvalue weighted by Gasteiger charge is -2.19. The van der Waals surface area contributed by atoms with E-state index in [0.717, 1.165) is 29.8 Å². The minimum absolute atomic E-state index is 0.0208. The standard InChI is InChI=1S/C20H23NO3/c1-14(2)24-18-7-5-4-6-17(18)21-19(22)20(12-13-20)15-8-10-16(23-3)11-9-15/h4-11,14H,12-13H2,1-3H3,(H,21,22). The molecule has 0 aromatic heterocycles. The maximum absolute atomic E-state index is 12.9. The number of anilines is 1. The van der Waals surface area contributed by atoms with Crippen LogP contribution in [0.15, 0.2) is 48.5 Å². The van der Waals surface area contributed by atoms with Gasteiger partial charge >= 0.3 is 0 Å². The lowest BCUT2D eigenvalue weighted by atomic mass is 9.94. The average molecular weight is 325 g/mol. The number of methoxy groups -OCH3 is 1. The molecule has 3 rings (SSSR count). The van der Waals surface area contributed by atoms with Gasteiger partial charge in [-0.15, -0.1) is 0 Å². The van der Waals surface area contributed by atoms with Gasteiger partial charge in [0.2, 0.25) is 5.91 Å². The van der Waals surface area contributed by atoms with E-state index in [4.69, 9.17) is 9.47 Å². The Balaban J connectivity index is 1.79. The van der Waals surface area contributed by atoms with Crippen LogP contribution in [-0.2, 0) is 10.2 Å². The number of carbonyl (C=O) groups is 1. The zero-order valence-corrected chi connectivity index (χ0v) is 14.3. The minimum Gasteiger partial charge on any atom is -0.497 e. The van der Waals surface area contributed by atoms with Crippen LogP contribution in [0.25, 0.3) is 0 Å². The lowest BCUT2D eigenvalue weighted by Crippen LogP contribution is -2.28. The number of amides is 1. The summed E-state index contributed by atoms with van der Waals surface area (Å²) in [6, 6.07) is 15.3. The van der Waals surface area contributed by atoms with Crippen LogP contribution in [0.3, 0.4) is 0 Å². The third-order valence-corrected chi connectivity index (χ3v) is 4.33. The first kappa shape index (κ1) is 16.4. The maximum atomic E-state index is 12.9. The predicted octanol–water partition coefficient (Wildman–Crippen LogP) is 4.15. The van der Waals surface area contributed by atoms with Crippen LogP contribution in [0.2, 0.25) is 0 Å². The van der Waals surface area contributed by atoms with Gasteiger partial charge in [0, 0.05) is 0 Å². The lowest BCUT2D eigenvalue weighted by molar-refractivity contribution is -0.118. The Hall–Kier alpha value is -2.49. The molecule has 24 heavy (non-hydrogen) atoms. The highest BCUT2D eigenvalue weighted by atomic mass is 16.5. The van der Waals surface area contributed by atoms with E-state index in [9.17, 15) is 4.79 Å². The van der Waals surface area contributed by atoms with Crippen LogP contribution in [0, 0.1) is 0 Å². The topological polar surface area (TPSA) is 47.6 Å². The van der Waals surface area contributed by atoms with Crippen LogP contribution < -0.4 is 14.8 Å². The van der Waals surface area contributed by atoms with E-state index in [1.807, 2.05) is 62.4 Å². The molecule has 2 aromatic carbocycles. The van der Waals surface area contributed by atoms with Crippen molar-refractivity contribution >= 4 is 11.6 Å². The molecule has 2 aromatic rings. The molecule has 1 N–H and O–H groups in total. The van der Waals surface area contributed by atoms with E-state index in [-0.39, 0.29) is 12.0 Å². The van der Waals surface area contributed by atoms with E-state index in [2.05, 4.69) is 5.32 Å². The number of ether oxygens (including phenoxy) is 2. The largest absolute Gasteiger partial charge is 0.497 e. The summed E-state index contributed by atoms with van der Waals surface area (Å²) in [4.78, 5) is 12.9. The molecule has 1 aliphatic carbocycles. The zero-order chi connectivity index (χ0) is 17.2. The molecule has 4 nitrogen and oxygen atoms in total. The molecule has 0 spiro atoms.